The van der Waals surface area contributed by atoms with Gasteiger partial charge in [0.15, 0.2) is 0 Å². The summed E-state index contributed by atoms with van der Waals surface area (Å²) in [5.74, 6) is -0.406. The van der Waals surface area contributed by atoms with Crippen molar-refractivity contribution in [1.82, 2.24) is 0 Å². The van der Waals surface area contributed by atoms with Gasteiger partial charge in [-0.2, -0.15) is 0 Å². The molecule has 1 unspecified atom stereocenters. The Balaban J connectivity index is 2.45. The number of rotatable bonds is 4. The Morgan fingerprint density at radius 1 is 1.40 bits per heavy atom. The fraction of sp³-hybridized carbons (Fsp3) is 0.417. The zero-order valence-corrected chi connectivity index (χ0v) is 9.46. The minimum atomic E-state index is -0.721. The van der Waals surface area contributed by atoms with Crippen molar-refractivity contribution in [2.24, 2.45) is 5.92 Å². The van der Waals surface area contributed by atoms with Crippen LogP contribution < -0.4 is 0 Å². The van der Waals surface area contributed by atoms with Crippen LogP contribution in [0.15, 0.2) is 30.3 Å². The quantitative estimate of drug-likeness (QED) is 0.851. The molecular formula is C12H14O2S. The average molecular weight is 222 g/mol. The van der Waals surface area contributed by atoms with Gasteiger partial charge in [0.05, 0.1) is 0 Å². The molecule has 2 nitrogen and oxygen atoms in total. The van der Waals surface area contributed by atoms with E-state index in [1.54, 1.807) is 0 Å². The topological polar surface area (TPSA) is 37.3 Å². The van der Waals surface area contributed by atoms with Crippen molar-refractivity contribution in [3.63, 3.8) is 0 Å². The predicted molar refractivity (Wildman–Crippen MR) is 62.0 cm³/mol. The van der Waals surface area contributed by atoms with Gasteiger partial charge in [-0.3, -0.25) is 4.79 Å². The van der Waals surface area contributed by atoms with Crippen molar-refractivity contribution < 1.29 is 9.90 Å². The lowest BCUT2D eigenvalue weighted by atomic mass is 9.93. The molecule has 1 aromatic rings. The Bertz CT molecular complexity index is 359. The van der Waals surface area contributed by atoms with Gasteiger partial charge < -0.3 is 5.11 Å². The lowest BCUT2D eigenvalue weighted by Crippen LogP contribution is -2.34. The summed E-state index contributed by atoms with van der Waals surface area (Å²) in [5, 5.41) is 9.47. The summed E-state index contributed by atoms with van der Waals surface area (Å²) in [6.45, 7) is 0. The summed E-state index contributed by atoms with van der Waals surface area (Å²) >= 11 is 1.45. The first-order chi connectivity index (χ1) is 7.21. The molecule has 1 aliphatic rings. The van der Waals surface area contributed by atoms with Crippen LogP contribution >= 0.6 is 11.8 Å². The van der Waals surface area contributed by atoms with Gasteiger partial charge in [-0.15, -0.1) is 11.8 Å². The van der Waals surface area contributed by atoms with Crippen LogP contribution in [0.5, 0.6) is 0 Å². The van der Waals surface area contributed by atoms with Crippen LogP contribution in [0.25, 0.3) is 0 Å². The molecule has 0 amide bonds. The van der Waals surface area contributed by atoms with E-state index in [-0.39, 0.29) is 0 Å². The van der Waals surface area contributed by atoms with E-state index in [2.05, 4.69) is 0 Å². The molecule has 3 heteroatoms. The largest absolute Gasteiger partial charge is 0.480 e. The highest BCUT2D eigenvalue weighted by atomic mass is 32.2. The SMILES string of the molecule is CSC(C(=O)O)(c1ccccc1)C1CC1. The molecule has 0 aromatic heterocycles. The standard InChI is InChI=1S/C12H14O2S/c1-15-12(11(13)14,10-7-8-10)9-5-3-2-4-6-9/h2-6,10H,7-8H2,1H3,(H,13,14). The van der Waals surface area contributed by atoms with Crippen LogP contribution in [0.3, 0.4) is 0 Å². The number of hydrogen-bond acceptors (Lipinski definition) is 2. The highest BCUT2D eigenvalue weighted by Gasteiger charge is 2.52. The second-order valence-corrected chi connectivity index (χ2v) is 4.94. The minimum absolute atomic E-state index is 0.299. The first-order valence-electron chi connectivity index (χ1n) is 5.06. The van der Waals surface area contributed by atoms with E-state index in [4.69, 9.17) is 0 Å². The molecule has 0 spiro atoms. The molecule has 0 heterocycles. The normalized spacial score (nSPS) is 19.5. The molecule has 1 aliphatic carbocycles. The molecule has 2 rings (SSSR count). The summed E-state index contributed by atoms with van der Waals surface area (Å²) in [4.78, 5) is 11.5. The lowest BCUT2D eigenvalue weighted by Gasteiger charge is -2.27. The Morgan fingerprint density at radius 3 is 2.40 bits per heavy atom. The maximum atomic E-state index is 11.5. The maximum absolute atomic E-state index is 11.5. The number of thioether (sulfide) groups is 1. The van der Waals surface area contributed by atoms with Crippen molar-refractivity contribution in [3.8, 4) is 0 Å². The monoisotopic (exact) mass is 222 g/mol. The number of benzene rings is 1. The van der Waals surface area contributed by atoms with Gasteiger partial charge in [-0.1, -0.05) is 30.3 Å². The van der Waals surface area contributed by atoms with Crippen molar-refractivity contribution in [1.29, 1.82) is 0 Å². The first-order valence-corrected chi connectivity index (χ1v) is 6.28. The van der Waals surface area contributed by atoms with E-state index in [1.807, 2.05) is 36.6 Å². The molecule has 1 fully saturated rings. The third-order valence-corrected chi connectivity index (χ3v) is 4.38. The zero-order chi connectivity index (χ0) is 10.9. The van der Waals surface area contributed by atoms with Crippen molar-refractivity contribution in [2.45, 2.75) is 17.6 Å². The fourth-order valence-electron chi connectivity index (χ4n) is 2.08. The Labute approximate surface area is 93.7 Å². The van der Waals surface area contributed by atoms with Gasteiger partial charge in [0.2, 0.25) is 0 Å². The summed E-state index contributed by atoms with van der Waals surface area (Å²) < 4.78 is -0.721. The molecule has 1 aromatic carbocycles. The van der Waals surface area contributed by atoms with Gasteiger partial charge in [-0.05, 0) is 30.6 Å². The molecule has 0 saturated heterocycles. The van der Waals surface area contributed by atoms with Crippen LogP contribution in [0.1, 0.15) is 18.4 Å². The second-order valence-electron chi connectivity index (χ2n) is 3.89. The van der Waals surface area contributed by atoms with Gasteiger partial charge in [0.25, 0.3) is 0 Å². The minimum Gasteiger partial charge on any atom is -0.480 e. The van der Waals surface area contributed by atoms with Gasteiger partial charge in [0, 0.05) is 0 Å². The van der Waals surface area contributed by atoms with Crippen LogP contribution in [-0.4, -0.2) is 17.3 Å². The number of carboxylic acids is 1. The summed E-state index contributed by atoms with van der Waals surface area (Å²) in [5.41, 5.74) is 0.924. The fourth-order valence-corrected chi connectivity index (χ4v) is 3.20. The molecule has 0 aliphatic heterocycles. The number of carboxylic acid groups (broad SMARTS) is 1. The lowest BCUT2D eigenvalue weighted by molar-refractivity contribution is -0.140. The molecular weight excluding hydrogens is 208 g/mol. The highest BCUT2D eigenvalue weighted by molar-refractivity contribution is 8.00. The summed E-state index contributed by atoms with van der Waals surface area (Å²) in [7, 11) is 0. The van der Waals surface area contributed by atoms with E-state index in [0.717, 1.165) is 18.4 Å². The zero-order valence-electron chi connectivity index (χ0n) is 8.64. The smallest absolute Gasteiger partial charge is 0.324 e. The van der Waals surface area contributed by atoms with Gasteiger partial charge in [0.1, 0.15) is 4.75 Å². The van der Waals surface area contributed by atoms with E-state index in [1.165, 1.54) is 11.8 Å². The van der Waals surface area contributed by atoms with Gasteiger partial charge in [-0.25, -0.2) is 0 Å². The number of aliphatic carboxylic acids is 1. The maximum Gasteiger partial charge on any atom is 0.324 e. The van der Waals surface area contributed by atoms with Crippen LogP contribution in [0, 0.1) is 5.92 Å². The van der Waals surface area contributed by atoms with Crippen LogP contribution in [-0.2, 0) is 9.54 Å². The number of hydrogen-bond donors (Lipinski definition) is 1. The molecule has 1 saturated carbocycles. The summed E-state index contributed by atoms with van der Waals surface area (Å²) in [6.07, 6.45) is 3.95. The predicted octanol–water partition coefficient (Wildman–Crippen LogP) is 2.74. The third kappa shape index (κ3) is 1.65. The van der Waals surface area contributed by atoms with E-state index >= 15 is 0 Å². The Hall–Kier alpha value is -0.960. The van der Waals surface area contributed by atoms with E-state index in [0.29, 0.717) is 5.92 Å². The summed E-state index contributed by atoms with van der Waals surface area (Å²) in [6, 6.07) is 9.58. The van der Waals surface area contributed by atoms with Gasteiger partial charge >= 0.3 is 5.97 Å². The van der Waals surface area contributed by atoms with Crippen molar-refractivity contribution >= 4 is 17.7 Å². The number of carbonyl (C=O) groups is 1. The average Bonchev–Trinajstić information content (AvgIpc) is 3.05. The Kier molecular flexibility index (Phi) is 2.74. The molecule has 0 bridgehead atoms. The molecule has 15 heavy (non-hydrogen) atoms. The first kappa shape index (κ1) is 10.6. The molecule has 0 radical (unpaired) electrons. The van der Waals surface area contributed by atoms with E-state index < -0.39 is 10.7 Å². The molecule has 1 atom stereocenters. The van der Waals surface area contributed by atoms with Crippen LogP contribution in [0.4, 0.5) is 0 Å². The molecule has 80 valence electrons. The highest BCUT2D eigenvalue weighted by Crippen LogP contribution is 2.53. The van der Waals surface area contributed by atoms with Crippen LogP contribution in [0.2, 0.25) is 0 Å². The Morgan fingerprint density at radius 2 is 2.00 bits per heavy atom. The molecule has 1 N–H and O–H groups in total. The van der Waals surface area contributed by atoms with Crippen molar-refractivity contribution in [3.05, 3.63) is 35.9 Å². The van der Waals surface area contributed by atoms with Crippen molar-refractivity contribution in [2.75, 3.05) is 6.26 Å². The van der Waals surface area contributed by atoms with E-state index in [9.17, 15) is 9.90 Å². The second kappa shape index (κ2) is 3.89. The third-order valence-electron chi connectivity index (χ3n) is 2.99.